The summed E-state index contributed by atoms with van der Waals surface area (Å²) in [7, 11) is 1.27. The largest absolute Gasteiger partial charge is 0.466 e. The van der Waals surface area contributed by atoms with Gasteiger partial charge in [-0.2, -0.15) is 0 Å². The highest BCUT2D eigenvalue weighted by atomic mass is 16.5. The van der Waals surface area contributed by atoms with Crippen molar-refractivity contribution in [3.8, 4) is 11.5 Å². The van der Waals surface area contributed by atoms with Gasteiger partial charge in [0.15, 0.2) is 5.58 Å². The average molecular weight is 450 g/mol. The Balaban J connectivity index is 1.62. The number of carbonyl (C=O) groups is 2. The molecular formula is C25H27N3O5. The van der Waals surface area contributed by atoms with Crippen LogP contribution in [0.1, 0.15) is 26.3 Å². The first kappa shape index (κ1) is 22.5. The van der Waals surface area contributed by atoms with E-state index in [1.54, 1.807) is 18.2 Å². The van der Waals surface area contributed by atoms with E-state index in [0.29, 0.717) is 22.7 Å². The fraction of sp³-hybridized carbons (Fsp3) is 0.320. The number of aliphatic hydroxyl groups is 1. The predicted octanol–water partition coefficient (Wildman–Crippen LogP) is 3.47. The van der Waals surface area contributed by atoms with Crippen molar-refractivity contribution in [1.29, 1.82) is 0 Å². The van der Waals surface area contributed by atoms with Crippen molar-refractivity contribution in [3.63, 3.8) is 0 Å². The number of esters is 1. The fourth-order valence-corrected chi connectivity index (χ4v) is 3.73. The second-order valence-electron chi connectivity index (χ2n) is 8.95. The molecule has 8 nitrogen and oxygen atoms in total. The normalized spacial score (nSPS) is 14.3. The predicted molar refractivity (Wildman–Crippen MR) is 124 cm³/mol. The number of hydrogen-bond acceptors (Lipinski definition) is 7. The summed E-state index contributed by atoms with van der Waals surface area (Å²) in [6.45, 7) is 6.49. The summed E-state index contributed by atoms with van der Waals surface area (Å²) in [5.74, 6) is -0.460. The molecule has 2 aromatic carbocycles. The number of methoxy groups -OCH3 is 1. The third-order valence-corrected chi connectivity index (χ3v) is 5.61. The summed E-state index contributed by atoms with van der Waals surface area (Å²) in [4.78, 5) is 30.9. The number of nitrogens with one attached hydrogen (secondary N) is 1. The third-order valence-electron chi connectivity index (χ3n) is 5.61. The second kappa shape index (κ2) is 8.71. The average Bonchev–Trinajstić information content (AvgIpc) is 3.35. The van der Waals surface area contributed by atoms with E-state index in [1.165, 1.54) is 17.6 Å². The van der Waals surface area contributed by atoms with Crippen LogP contribution in [0.2, 0.25) is 0 Å². The van der Waals surface area contributed by atoms with Crippen LogP contribution in [0.3, 0.4) is 0 Å². The van der Waals surface area contributed by atoms with Crippen molar-refractivity contribution < 1.29 is 23.8 Å². The number of aliphatic hydroxyl groups excluding tert-OH is 1. The molecule has 1 amide bonds. The van der Waals surface area contributed by atoms with Crippen LogP contribution in [-0.4, -0.2) is 53.7 Å². The van der Waals surface area contributed by atoms with Crippen molar-refractivity contribution in [1.82, 2.24) is 9.88 Å². The zero-order valence-electron chi connectivity index (χ0n) is 19.1. The van der Waals surface area contributed by atoms with Gasteiger partial charge >= 0.3 is 5.97 Å². The number of ether oxygens (including phenoxy) is 1. The van der Waals surface area contributed by atoms with E-state index in [9.17, 15) is 14.7 Å². The van der Waals surface area contributed by atoms with Crippen molar-refractivity contribution >= 4 is 28.7 Å². The minimum atomic E-state index is -0.590. The lowest BCUT2D eigenvalue weighted by molar-refractivity contribution is -0.136. The number of nitrogens with zero attached hydrogens (tertiary/aromatic N) is 2. The Morgan fingerprint density at radius 2 is 1.94 bits per heavy atom. The zero-order chi connectivity index (χ0) is 23.8. The summed E-state index contributed by atoms with van der Waals surface area (Å²) in [5, 5.41) is 12.2. The molecule has 33 heavy (non-hydrogen) atoms. The van der Waals surface area contributed by atoms with E-state index in [0.717, 1.165) is 5.56 Å². The summed E-state index contributed by atoms with van der Waals surface area (Å²) in [6.07, 6.45) is 0. The fourth-order valence-electron chi connectivity index (χ4n) is 3.73. The first-order valence-electron chi connectivity index (χ1n) is 10.7. The maximum Gasteiger partial charge on any atom is 0.337 e. The summed E-state index contributed by atoms with van der Waals surface area (Å²) < 4.78 is 10.8. The lowest BCUT2D eigenvalue weighted by atomic mass is 9.87. The van der Waals surface area contributed by atoms with Gasteiger partial charge in [-0.25, -0.2) is 9.78 Å². The van der Waals surface area contributed by atoms with Crippen LogP contribution in [0.4, 0.5) is 5.69 Å². The topological polar surface area (TPSA) is 105 Å². The number of oxazole rings is 1. The van der Waals surface area contributed by atoms with Crippen molar-refractivity contribution in [3.05, 3.63) is 59.3 Å². The summed E-state index contributed by atoms with van der Waals surface area (Å²) in [5.41, 5.74) is 4.30. The van der Waals surface area contributed by atoms with Gasteiger partial charge in [0.05, 0.1) is 25.8 Å². The van der Waals surface area contributed by atoms with Crippen LogP contribution in [0.5, 0.6) is 0 Å². The molecule has 172 valence electrons. The smallest absolute Gasteiger partial charge is 0.337 e. The molecule has 0 saturated heterocycles. The SMILES string of the molecule is COC(=O)C1=C(Nc2ccc3nc(-c4ccc(C(C)(C)C)cc4)oc3c2)C(=O)N(CCO)C1. The molecule has 0 unspecified atom stereocenters. The van der Waals surface area contributed by atoms with Crippen LogP contribution in [0, 0.1) is 0 Å². The Hall–Kier alpha value is -3.65. The van der Waals surface area contributed by atoms with Gasteiger partial charge in [0.2, 0.25) is 5.89 Å². The Morgan fingerprint density at radius 3 is 2.58 bits per heavy atom. The Kier molecular flexibility index (Phi) is 5.95. The molecule has 0 radical (unpaired) electrons. The minimum absolute atomic E-state index is 0.0581. The van der Waals surface area contributed by atoms with Gasteiger partial charge < -0.3 is 24.5 Å². The summed E-state index contributed by atoms with van der Waals surface area (Å²) >= 11 is 0. The van der Waals surface area contributed by atoms with Gasteiger partial charge in [0, 0.05) is 23.9 Å². The maximum atomic E-state index is 12.7. The lowest BCUT2D eigenvalue weighted by Gasteiger charge is -2.18. The molecule has 0 atom stereocenters. The highest BCUT2D eigenvalue weighted by molar-refractivity contribution is 6.08. The number of rotatable bonds is 6. The molecule has 1 aliphatic heterocycles. The van der Waals surface area contributed by atoms with Gasteiger partial charge in [-0.15, -0.1) is 0 Å². The minimum Gasteiger partial charge on any atom is -0.466 e. The second-order valence-corrected chi connectivity index (χ2v) is 8.95. The number of anilines is 1. The van der Waals surface area contributed by atoms with Crippen LogP contribution < -0.4 is 5.32 Å². The maximum absolute atomic E-state index is 12.7. The van der Waals surface area contributed by atoms with Gasteiger partial charge in [0.1, 0.15) is 11.2 Å². The lowest BCUT2D eigenvalue weighted by Crippen LogP contribution is -2.31. The van der Waals surface area contributed by atoms with E-state index < -0.39 is 5.97 Å². The molecule has 1 aliphatic rings. The number of hydrogen-bond donors (Lipinski definition) is 2. The van der Waals surface area contributed by atoms with E-state index in [4.69, 9.17) is 9.15 Å². The molecule has 4 rings (SSSR count). The van der Waals surface area contributed by atoms with Crippen LogP contribution in [-0.2, 0) is 19.7 Å². The number of benzene rings is 2. The quantitative estimate of drug-likeness (QED) is 0.555. The first-order chi connectivity index (χ1) is 15.7. The molecule has 0 aliphatic carbocycles. The van der Waals surface area contributed by atoms with Crippen LogP contribution in [0.15, 0.2) is 58.2 Å². The molecule has 0 saturated carbocycles. The molecule has 3 aromatic rings. The third kappa shape index (κ3) is 4.47. The zero-order valence-corrected chi connectivity index (χ0v) is 19.1. The van der Waals surface area contributed by atoms with Gasteiger partial charge in [-0.1, -0.05) is 32.9 Å². The van der Waals surface area contributed by atoms with E-state index in [2.05, 4.69) is 43.2 Å². The van der Waals surface area contributed by atoms with Crippen LogP contribution in [0.25, 0.3) is 22.6 Å². The van der Waals surface area contributed by atoms with Gasteiger partial charge in [-0.05, 0) is 35.2 Å². The molecule has 0 fully saturated rings. The van der Waals surface area contributed by atoms with Crippen molar-refractivity contribution in [2.45, 2.75) is 26.2 Å². The molecule has 8 heteroatoms. The highest BCUT2D eigenvalue weighted by Crippen LogP contribution is 2.30. The van der Waals surface area contributed by atoms with Crippen molar-refractivity contribution in [2.75, 3.05) is 32.1 Å². The number of aromatic nitrogens is 1. The molecule has 1 aromatic heterocycles. The monoisotopic (exact) mass is 449 g/mol. The Labute approximate surface area is 191 Å². The molecule has 2 heterocycles. The number of β-amino-alcohol motifs (C(OH)–C–C–N with tert-alkyl or cyclic N) is 1. The Bertz CT molecular complexity index is 1240. The van der Waals surface area contributed by atoms with Gasteiger partial charge in [-0.3, -0.25) is 4.79 Å². The van der Waals surface area contributed by atoms with Gasteiger partial charge in [0.25, 0.3) is 5.91 Å². The highest BCUT2D eigenvalue weighted by Gasteiger charge is 2.34. The van der Waals surface area contributed by atoms with E-state index >= 15 is 0 Å². The van der Waals surface area contributed by atoms with E-state index in [-0.39, 0.29) is 42.3 Å². The molecule has 0 spiro atoms. The molecule has 2 N–H and O–H groups in total. The number of amides is 1. The number of carbonyl (C=O) groups excluding carboxylic acids is 2. The number of fused-ring (bicyclic) bond motifs is 1. The van der Waals surface area contributed by atoms with Crippen LogP contribution >= 0.6 is 0 Å². The summed E-state index contributed by atoms with van der Waals surface area (Å²) in [6, 6.07) is 13.4. The first-order valence-corrected chi connectivity index (χ1v) is 10.7. The Morgan fingerprint density at radius 1 is 1.21 bits per heavy atom. The molecule has 0 bridgehead atoms. The van der Waals surface area contributed by atoms with E-state index in [1.807, 2.05) is 12.1 Å². The molecular weight excluding hydrogens is 422 g/mol. The van der Waals surface area contributed by atoms with Crippen molar-refractivity contribution in [2.24, 2.45) is 0 Å². The standard InChI is InChI=1S/C25H27N3O5/c1-25(2,3)16-7-5-15(6-8-16)22-27-19-10-9-17(13-20(19)33-22)26-21-18(24(31)32-4)14-28(11-12-29)23(21)30/h5-10,13,26,29H,11-12,14H2,1-4H3.